The number of ether oxygens (including phenoxy) is 2. The van der Waals surface area contributed by atoms with Gasteiger partial charge in [0.15, 0.2) is 0 Å². The van der Waals surface area contributed by atoms with E-state index in [0.29, 0.717) is 12.1 Å². The van der Waals surface area contributed by atoms with Crippen molar-refractivity contribution in [2.75, 3.05) is 19.8 Å². The lowest BCUT2D eigenvalue weighted by Crippen LogP contribution is -2.48. The van der Waals surface area contributed by atoms with Crippen LogP contribution in [0.15, 0.2) is 0 Å². The van der Waals surface area contributed by atoms with Gasteiger partial charge >= 0.3 is 0 Å². The Hall–Kier alpha value is -0.120. The lowest BCUT2D eigenvalue weighted by atomic mass is 9.78. The summed E-state index contributed by atoms with van der Waals surface area (Å²) in [5, 5.41) is 3.73. The summed E-state index contributed by atoms with van der Waals surface area (Å²) in [6, 6.07) is 0.645. The minimum Gasteiger partial charge on any atom is -0.377 e. The van der Waals surface area contributed by atoms with Crippen LogP contribution in [-0.2, 0) is 9.47 Å². The van der Waals surface area contributed by atoms with Gasteiger partial charge in [-0.05, 0) is 38.5 Å². The zero-order valence-electron chi connectivity index (χ0n) is 13.6. The van der Waals surface area contributed by atoms with Crippen LogP contribution in [0.25, 0.3) is 0 Å². The third kappa shape index (κ3) is 4.67. The van der Waals surface area contributed by atoms with Crippen LogP contribution in [0.2, 0.25) is 0 Å². The predicted molar refractivity (Wildman–Crippen MR) is 85.6 cm³/mol. The minimum absolute atomic E-state index is 0.221. The Kier molecular flexibility index (Phi) is 5.96. The van der Waals surface area contributed by atoms with Gasteiger partial charge in [0.1, 0.15) is 0 Å². The van der Waals surface area contributed by atoms with E-state index < -0.39 is 0 Å². The van der Waals surface area contributed by atoms with Crippen molar-refractivity contribution in [1.29, 1.82) is 0 Å². The van der Waals surface area contributed by atoms with E-state index >= 15 is 0 Å². The summed E-state index contributed by atoms with van der Waals surface area (Å²) in [4.78, 5) is 0. The van der Waals surface area contributed by atoms with Gasteiger partial charge in [0, 0.05) is 19.2 Å². The van der Waals surface area contributed by atoms with Gasteiger partial charge < -0.3 is 14.8 Å². The van der Waals surface area contributed by atoms with Crippen LogP contribution in [0.4, 0.5) is 0 Å². The number of hydrogen-bond acceptors (Lipinski definition) is 3. The maximum atomic E-state index is 6.17. The summed E-state index contributed by atoms with van der Waals surface area (Å²) < 4.78 is 12.2. The van der Waals surface area contributed by atoms with Crippen molar-refractivity contribution < 1.29 is 9.47 Å². The van der Waals surface area contributed by atoms with E-state index in [4.69, 9.17) is 9.47 Å². The van der Waals surface area contributed by atoms with Crippen molar-refractivity contribution in [3.05, 3.63) is 0 Å². The molecule has 3 aliphatic rings. The fourth-order valence-corrected chi connectivity index (χ4v) is 4.47. The molecule has 1 heterocycles. The van der Waals surface area contributed by atoms with E-state index in [1.54, 1.807) is 0 Å². The predicted octanol–water partition coefficient (Wildman–Crippen LogP) is 3.81. The molecule has 0 aromatic rings. The molecule has 2 aliphatic carbocycles. The maximum absolute atomic E-state index is 6.17. The Morgan fingerprint density at radius 1 is 0.952 bits per heavy atom. The molecule has 0 amide bonds. The molecule has 3 fully saturated rings. The van der Waals surface area contributed by atoms with Crippen molar-refractivity contribution in [2.24, 2.45) is 0 Å². The molecule has 122 valence electrons. The van der Waals surface area contributed by atoms with Crippen LogP contribution in [0.1, 0.15) is 77.0 Å². The Bertz CT molecular complexity index is 290. The molecule has 21 heavy (non-hydrogen) atoms. The van der Waals surface area contributed by atoms with Crippen molar-refractivity contribution >= 4 is 0 Å². The zero-order chi connectivity index (χ0) is 14.4. The summed E-state index contributed by atoms with van der Waals surface area (Å²) >= 11 is 0. The van der Waals surface area contributed by atoms with E-state index in [9.17, 15) is 0 Å². The Morgan fingerprint density at radius 2 is 1.71 bits per heavy atom. The van der Waals surface area contributed by atoms with Crippen molar-refractivity contribution in [2.45, 2.75) is 94.8 Å². The lowest BCUT2D eigenvalue weighted by Gasteiger charge is -2.43. The van der Waals surface area contributed by atoms with Crippen molar-refractivity contribution in [3.8, 4) is 0 Å². The average Bonchev–Trinajstić information content (AvgIpc) is 2.54. The Balaban J connectivity index is 1.33. The van der Waals surface area contributed by atoms with E-state index in [0.717, 1.165) is 19.8 Å². The van der Waals surface area contributed by atoms with Gasteiger partial charge in [-0.25, -0.2) is 0 Å². The molecular weight excluding hydrogens is 262 g/mol. The highest BCUT2D eigenvalue weighted by atomic mass is 16.5. The summed E-state index contributed by atoms with van der Waals surface area (Å²) in [6.45, 7) is 2.84. The van der Waals surface area contributed by atoms with E-state index in [1.807, 2.05) is 0 Å². The second-order valence-electron chi connectivity index (χ2n) is 7.37. The van der Waals surface area contributed by atoms with Gasteiger partial charge in [0.05, 0.1) is 18.3 Å². The molecule has 1 saturated heterocycles. The van der Waals surface area contributed by atoms with E-state index in [1.165, 1.54) is 77.0 Å². The molecule has 0 aromatic carbocycles. The number of nitrogens with one attached hydrogen (secondary N) is 1. The normalized spacial score (nSPS) is 30.6. The SMILES string of the molecule is C1CCC(OCCNC2CCOC3(CCCCC3)C2)CC1. The summed E-state index contributed by atoms with van der Waals surface area (Å²) in [6.07, 6.45) is 16.3. The van der Waals surface area contributed by atoms with Gasteiger partial charge in [0.25, 0.3) is 0 Å². The average molecular weight is 295 g/mol. The molecule has 3 heteroatoms. The standard InChI is InChI=1S/C18H33NO2/c1-3-7-17(8-4-1)20-14-12-19-16-9-13-21-18(15-16)10-5-2-6-11-18/h16-17,19H,1-15H2. The highest BCUT2D eigenvalue weighted by Gasteiger charge is 2.38. The van der Waals surface area contributed by atoms with Crippen LogP contribution < -0.4 is 5.32 Å². The Labute approximate surface area is 130 Å². The van der Waals surface area contributed by atoms with Crippen LogP contribution in [-0.4, -0.2) is 37.5 Å². The summed E-state index contributed by atoms with van der Waals surface area (Å²) in [5.74, 6) is 0. The van der Waals surface area contributed by atoms with Crippen LogP contribution >= 0.6 is 0 Å². The Morgan fingerprint density at radius 3 is 2.52 bits per heavy atom. The highest BCUT2D eigenvalue weighted by molar-refractivity contribution is 4.92. The minimum atomic E-state index is 0.221. The first-order valence-corrected chi connectivity index (χ1v) is 9.35. The fraction of sp³-hybridized carbons (Fsp3) is 1.00. The molecule has 1 aliphatic heterocycles. The largest absolute Gasteiger partial charge is 0.377 e. The highest BCUT2D eigenvalue weighted by Crippen LogP contribution is 2.38. The molecule has 1 spiro atoms. The monoisotopic (exact) mass is 295 g/mol. The maximum Gasteiger partial charge on any atom is 0.0697 e. The molecular formula is C18H33NO2. The molecule has 1 N–H and O–H groups in total. The van der Waals surface area contributed by atoms with Crippen LogP contribution in [0, 0.1) is 0 Å². The summed E-state index contributed by atoms with van der Waals surface area (Å²) in [5.41, 5.74) is 0.221. The molecule has 1 atom stereocenters. The molecule has 2 saturated carbocycles. The van der Waals surface area contributed by atoms with Gasteiger partial charge in [0.2, 0.25) is 0 Å². The number of rotatable bonds is 5. The topological polar surface area (TPSA) is 30.5 Å². The second kappa shape index (κ2) is 7.94. The van der Waals surface area contributed by atoms with Gasteiger partial charge in [-0.2, -0.15) is 0 Å². The molecule has 0 bridgehead atoms. The lowest BCUT2D eigenvalue weighted by molar-refractivity contribution is -0.109. The first-order valence-electron chi connectivity index (χ1n) is 9.35. The van der Waals surface area contributed by atoms with E-state index in [-0.39, 0.29) is 5.60 Å². The first-order chi connectivity index (χ1) is 10.4. The molecule has 0 aromatic heterocycles. The third-order valence-electron chi connectivity index (χ3n) is 5.70. The number of hydrogen-bond donors (Lipinski definition) is 1. The second-order valence-corrected chi connectivity index (χ2v) is 7.37. The molecule has 3 rings (SSSR count). The van der Waals surface area contributed by atoms with Crippen LogP contribution in [0.3, 0.4) is 0 Å². The van der Waals surface area contributed by atoms with Gasteiger partial charge in [-0.3, -0.25) is 0 Å². The smallest absolute Gasteiger partial charge is 0.0697 e. The molecule has 1 unspecified atom stereocenters. The van der Waals surface area contributed by atoms with Crippen LogP contribution in [0.5, 0.6) is 0 Å². The quantitative estimate of drug-likeness (QED) is 0.782. The third-order valence-corrected chi connectivity index (χ3v) is 5.70. The summed E-state index contributed by atoms with van der Waals surface area (Å²) in [7, 11) is 0. The first kappa shape index (κ1) is 15.8. The van der Waals surface area contributed by atoms with Gasteiger partial charge in [-0.15, -0.1) is 0 Å². The van der Waals surface area contributed by atoms with Crippen molar-refractivity contribution in [1.82, 2.24) is 5.32 Å². The zero-order valence-corrected chi connectivity index (χ0v) is 13.6. The van der Waals surface area contributed by atoms with E-state index in [2.05, 4.69) is 5.32 Å². The fourth-order valence-electron chi connectivity index (χ4n) is 4.47. The van der Waals surface area contributed by atoms with Gasteiger partial charge in [-0.1, -0.05) is 38.5 Å². The molecule has 3 nitrogen and oxygen atoms in total. The molecule has 0 radical (unpaired) electrons. The van der Waals surface area contributed by atoms with Crippen molar-refractivity contribution in [3.63, 3.8) is 0 Å².